The zero-order chi connectivity index (χ0) is 10.9. The third-order valence-electron chi connectivity index (χ3n) is 2.42. The number of aromatic nitrogens is 3. The summed E-state index contributed by atoms with van der Waals surface area (Å²) in [6, 6.07) is 3.80. The van der Waals surface area contributed by atoms with E-state index in [9.17, 15) is 0 Å². The smallest absolute Gasteiger partial charge is 0.246 e. The van der Waals surface area contributed by atoms with E-state index in [1.165, 1.54) is 0 Å². The van der Waals surface area contributed by atoms with Crippen LogP contribution < -0.4 is 5.32 Å². The van der Waals surface area contributed by atoms with Crippen LogP contribution in [-0.2, 0) is 5.54 Å². The van der Waals surface area contributed by atoms with Crippen molar-refractivity contribution >= 4 is 0 Å². The Balaban J connectivity index is 2.33. The molecule has 5 nitrogen and oxygen atoms in total. The van der Waals surface area contributed by atoms with E-state index in [0.717, 1.165) is 5.69 Å². The van der Waals surface area contributed by atoms with Gasteiger partial charge in [-0.05, 0) is 33.0 Å². The van der Waals surface area contributed by atoms with Crippen LogP contribution in [0.4, 0.5) is 0 Å². The lowest BCUT2D eigenvalue weighted by atomic mass is 10.1. The molecular formula is C10H14N4O. The Kier molecular flexibility index (Phi) is 2.32. The lowest BCUT2D eigenvalue weighted by Gasteiger charge is -2.17. The summed E-state index contributed by atoms with van der Waals surface area (Å²) in [6.45, 7) is 3.97. The van der Waals surface area contributed by atoms with Crippen LogP contribution in [0.15, 0.2) is 22.9 Å². The SMILES string of the molecule is CNC(C)(C)c1nc(-c2ccc[nH]2)no1. The Bertz CT molecular complexity index is 430. The number of hydrogen-bond acceptors (Lipinski definition) is 4. The fourth-order valence-electron chi connectivity index (χ4n) is 1.16. The Labute approximate surface area is 87.9 Å². The van der Waals surface area contributed by atoms with E-state index in [1.807, 2.05) is 39.2 Å². The minimum atomic E-state index is -0.308. The summed E-state index contributed by atoms with van der Waals surface area (Å²) in [5, 5.41) is 7.03. The molecule has 80 valence electrons. The fourth-order valence-corrected chi connectivity index (χ4v) is 1.16. The topological polar surface area (TPSA) is 66.7 Å². The first kappa shape index (κ1) is 9.92. The van der Waals surface area contributed by atoms with Crippen molar-refractivity contribution in [1.29, 1.82) is 0 Å². The third kappa shape index (κ3) is 1.78. The van der Waals surface area contributed by atoms with Gasteiger partial charge in [0.2, 0.25) is 11.7 Å². The molecule has 0 amide bonds. The van der Waals surface area contributed by atoms with E-state index in [1.54, 1.807) is 0 Å². The number of nitrogens with one attached hydrogen (secondary N) is 2. The predicted molar refractivity (Wildman–Crippen MR) is 56.2 cm³/mol. The fraction of sp³-hybridized carbons (Fsp3) is 0.400. The van der Waals surface area contributed by atoms with Crippen LogP contribution in [0.3, 0.4) is 0 Å². The van der Waals surface area contributed by atoms with Gasteiger partial charge < -0.3 is 14.8 Å². The van der Waals surface area contributed by atoms with Crippen LogP contribution in [0.25, 0.3) is 11.5 Å². The quantitative estimate of drug-likeness (QED) is 0.799. The number of nitrogens with zero attached hydrogens (tertiary/aromatic N) is 2. The molecule has 0 radical (unpaired) electrons. The average Bonchev–Trinajstić information content (AvgIpc) is 2.88. The standard InChI is InChI=1S/C10H14N4O/c1-10(2,11-3)9-13-8(14-15-9)7-5-4-6-12-7/h4-6,11-12H,1-3H3. The molecule has 0 unspecified atom stereocenters. The lowest BCUT2D eigenvalue weighted by molar-refractivity contribution is 0.281. The molecule has 2 N–H and O–H groups in total. The number of H-pyrrole nitrogens is 1. The van der Waals surface area contributed by atoms with Crippen molar-refractivity contribution < 1.29 is 4.52 Å². The molecule has 5 heteroatoms. The van der Waals surface area contributed by atoms with Crippen LogP contribution in [0.5, 0.6) is 0 Å². The molecule has 0 aliphatic carbocycles. The van der Waals surface area contributed by atoms with Crippen LogP contribution in [-0.4, -0.2) is 22.2 Å². The maximum Gasteiger partial charge on any atom is 0.246 e. The van der Waals surface area contributed by atoms with Gasteiger partial charge in [-0.25, -0.2) is 0 Å². The maximum atomic E-state index is 5.20. The molecule has 0 spiro atoms. The van der Waals surface area contributed by atoms with Gasteiger partial charge in [-0.15, -0.1) is 0 Å². The summed E-state index contributed by atoms with van der Waals surface area (Å²) in [5.74, 6) is 1.16. The highest BCUT2D eigenvalue weighted by atomic mass is 16.5. The normalized spacial score (nSPS) is 11.9. The molecule has 0 fully saturated rings. The van der Waals surface area contributed by atoms with E-state index in [4.69, 9.17) is 4.52 Å². The monoisotopic (exact) mass is 206 g/mol. The van der Waals surface area contributed by atoms with Crippen molar-refractivity contribution in [3.63, 3.8) is 0 Å². The van der Waals surface area contributed by atoms with Gasteiger partial charge in [0, 0.05) is 6.20 Å². The highest BCUT2D eigenvalue weighted by Crippen LogP contribution is 2.20. The van der Waals surface area contributed by atoms with Gasteiger partial charge in [0.15, 0.2) is 0 Å². The number of rotatable bonds is 3. The Morgan fingerprint density at radius 1 is 1.47 bits per heavy atom. The minimum Gasteiger partial charge on any atom is -0.359 e. The first-order valence-corrected chi connectivity index (χ1v) is 4.80. The van der Waals surface area contributed by atoms with Crippen molar-refractivity contribution in [3.8, 4) is 11.5 Å². The predicted octanol–water partition coefficient (Wildman–Crippen LogP) is 1.52. The van der Waals surface area contributed by atoms with Gasteiger partial charge >= 0.3 is 0 Å². The van der Waals surface area contributed by atoms with E-state index in [-0.39, 0.29) is 5.54 Å². The summed E-state index contributed by atoms with van der Waals surface area (Å²) >= 11 is 0. The van der Waals surface area contributed by atoms with Crippen LogP contribution in [0.2, 0.25) is 0 Å². The highest BCUT2D eigenvalue weighted by molar-refractivity contribution is 5.47. The molecule has 0 atom stereocenters. The van der Waals surface area contributed by atoms with Gasteiger partial charge in [-0.3, -0.25) is 0 Å². The lowest BCUT2D eigenvalue weighted by Crippen LogP contribution is -2.33. The number of aromatic amines is 1. The Morgan fingerprint density at radius 2 is 2.27 bits per heavy atom. The van der Waals surface area contributed by atoms with Crippen molar-refractivity contribution in [1.82, 2.24) is 20.4 Å². The molecule has 0 saturated heterocycles. The summed E-state index contributed by atoms with van der Waals surface area (Å²) in [6.07, 6.45) is 1.83. The summed E-state index contributed by atoms with van der Waals surface area (Å²) < 4.78 is 5.20. The molecule has 0 bridgehead atoms. The zero-order valence-corrected chi connectivity index (χ0v) is 9.03. The molecular weight excluding hydrogens is 192 g/mol. The highest BCUT2D eigenvalue weighted by Gasteiger charge is 2.25. The minimum absolute atomic E-state index is 0.308. The second-order valence-electron chi connectivity index (χ2n) is 3.88. The second kappa shape index (κ2) is 3.51. The van der Waals surface area contributed by atoms with Crippen LogP contribution >= 0.6 is 0 Å². The van der Waals surface area contributed by atoms with Gasteiger partial charge in [-0.1, -0.05) is 5.16 Å². The first-order valence-electron chi connectivity index (χ1n) is 4.80. The van der Waals surface area contributed by atoms with Crippen LogP contribution in [0, 0.1) is 0 Å². The Hall–Kier alpha value is -1.62. The van der Waals surface area contributed by atoms with Crippen molar-refractivity contribution in [3.05, 3.63) is 24.2 Å². The molecule has 0 aromatic carbocycles. The first-order chi connectivity index (χ1) is 7.13. The van der Waals surface area contributed by atoms with Gasteiger partial charge in [-0.2, -0.15) is 4.98 Å². The van der Waals surface area contributed by atoms with Gasteiger partial charge in [0.05, 0.1) is 11.2 Å². The van der Waals surface area contributed by atoms with Crippen LogP contribution in [0.1, 0.15) is 19.7 Å². The van der Waals surface area contributed by atoms with E-state index in [2.05, 4.69) is 20.4 Å². The second-order valence-corrected chi connectivity index (χ2v) is 3.88. The van der Waals surface area contributed by atoms with E-state index in [0.29, 0.717) is 11.7 Å². The molecule has 15 heavy (non-hydrogen) atoms. The van der Waals surface area contributed by atoms with Gasteiger partial charge in [0.25, 0.3) is 0 Å². The van der Waals surface area contributed by atoms with Crippen molar-refractivity contribution in [2.75, 3.05) is 7.05 Å². The average molecular weight is 206 g/mol. The van der Waals surface area contributed by atoms with E-state index >= 15 is 0 Å². The molecule has 0 saturated carbocycles. The maximum absolute atomic E-state index is 5.20. The van der Waals surface area contributed by atoms with E-state index < -0.39 is 0 Å². The molecule has 2 aromatic heterocycles. The molecule has 2 aromatic rings. The Morgan fingerprint density at radius 3 is 2.87 bits per heavy atom. The molecule has 2 heterocycles. The zero-order valence-electron chi connectivity index (χ0n) is 9.03. The summed E-state index contributed by atoms with van der Waals surface area (Å²) in [7, 11) is 1.86. The largest absolute Gasteiger partial charge is 0.359 e. The number of hydrogen-bond donors (Lipinski definition) is 2. The van der Waals surface area contributed by atoms with Gasteiger partial charge in [0.1, 0.15) is 0 Å². The summed E-state index contributed by atoms with van der Waals surface area (Å²) in [4.78, 5) is 7.35. The molecule has 2 rings (SSSR count). The van der Waals surface area contributed by atoms with Crippen molar-refractivity contribution in [2.24, 2.45) is 0 Å². The van der Waals surface area contributed by atoms with Crippen molar-refractivity contribution in [2.45, 2.75) is 19.4 Å². The third-order valence-corrected chi connectivity index (χ3v) is 2.42. The molecule has 0 aliphatic rings. The summed E-state index contributed by atoms with van der Waals surface area (Å²) in [5.41, 5.74) is 0.551. The molecule has 0 aliphatic heterocycles.